The number of aliphatic carboxylic acids is 1. The number of benzene rings is 1. The van der Waals surface area contributed by atoms with E-state index in [2.05, 4.69) is 5.32 Å². The number of amides is 2. The van der Waals surface area contributed by atoms with Gasteiger partial charge in [-0.25, -0.2) is 4.79 Å². The Balaban J connectivity index is 2.00. The summed E-state index contributed by atoms with van der Waals surface area (Å²) < 4.78 is 5.15. The Morgan fingerprint density at radius 1 is 1.33 bits per heavy atom. The van der Waals surface area contributed by atoms with E-state index < -0.39 is 17.3 Å². The molecule has 8 heteroatoms. The summed E-state index contributed by atoms with van der Waals surface area (Å²) >= 11 is 1.35. The first kappa shape index (κ1) is 18.3. The molecule has 1 fully saturated rings. The Morgan fingerprint density at radius 2 is 2.00 bits per heavy atom. The molecule has 0 aromatic heterocycles. The zero-order valence-corrected chi connectivity index (χ0v) is 14.3. The van der Waals surface area contributed by atoms with Crippen LogP contribution < -0.4 is 5.32 Å². The first-order valence-electron chi connectivity index (χ1n) is 7.54. The van der Waals surface area contributed by atoms with E-state index in [0.717, 1.165) is 4.90 Å². The number of ether oxygens (including phenoxy) is 1. The number of carbonyl (C=O) groups is 3. The molecule has 1 saturated heterocycles. The van der Waals surface area contributed by atoms with Crippen molar-refractivity contribution in [2.24, 2.45) is 0 Å². The van der Waals surface area contributed by atoms with Crippen molar-refractivity contribution in [1.29, 1.82) is 0 Å². The topological polar surface area (TPSA) is 95.9 Å². The minimum Gasteiger partial charge on any atom is -0.480 e. The van der Waals surface area contributed by atoms with Crippen molar-refractivity contribution >= 4 is 35.2 Å². The third-order valence-corrected chi connectivity index (χ3v) is 4.63. The zero-order chi connectivity index (χ0) is 17.7. The highest BCUT2D eigenvalue weighted by Crippen LogP contribution is 2.26. The number of thioether (sulfide) groups is 1. The second kappa shape index (κ2) is 8.16. The van der Waals surface area contributed by atoms with Crippen molar-refractivity contribution < 1.29 is 24.2 Å². The van der Waals surface area contributed by atoms with Crippen molar-refractivity contribution in [2.75, 3.05) is 25.1 Å². The number of nitrogens with zero attached hydrogens (tertiary/aromatic N) is 1. The average Bonchev–Trinajstić information content (AvgIpc) is 2.55. The van der Waals surface area contributed by atoms with E-state index in [1.54, 1.807) is 19.1 Å². The predicted molar refractivity (Wildman–Crippen MR) is 90.0 cm³/mol. The van der Waals surface area contributed by atoms with Crippen LogP contribution in [0.3, 0.4) is 0 Å². The fourth-order valence-corrected chi connectivity index (χ4v) is 3.32. The van der Waals surface area contributed by atoms with Gasteiger partial charge in [-0.3, -0.25) is 9.59 Å². The van der Waals surface area contributed by atoms with E-state index in [-0.39, 0.29) is 25.0 Å². The maximum Gasteiger partial charge on any atom is 0.328 e. The van der Waals surface area contributed by atoms with Gasteiger partial charge in [-0.05, 0) is 31.2 Å². The molecule has 7 nitrogen and oxygen atoms in total. The summed E-state index contributed by atoms with van der Waals surface area (Å²) in [4.78, 5) is 37.1. The largest absolute Gasteiger partial charge is 0.480 e. The SMILES string of the molecule is CC(=O)Nc1ccc(SC(C)C(=O)N2CCOCC2C(=O)O)cc1. The molecule has 0 radical (unpaired) electrons. The van der Waals surface area contributed by atoms with Crippen LogP contribution in [-0.4, -0.2) is 58.8 Å². The minimum atomic E-state index is -1.06. The van der Waals surface area contributed by atoms with Crippen LogP contribution in [-0.2, 0) is 19.1 Å². The molecular formula is C16H20N2O5S. The van der Waals surface area contributed by atoms with Crippen molar-refractivity contribution in [2.45, 2.75) is 30.0 Å². The second-order valence-corrected chi connectivity index (χ2v) is 6.84. The first-order chi connectivity index (χ1) is 11.4. The molecule has 2 amide bonds. The van der Waals surface area contributed by atoms with Gasteiger partial charge < -0.3 is 20.1 Å². The van der Waals surface area contributed by atoms with E-state index in [1.165, 1.54) is 23.6 Å². The van der Waals surface area contributed by atoms with E-state index in [1.807, 2.05) is 12.1 Å². The molecule has 1 heterocycles. The van der Waals surface area contributed by atoms with Crippen LogP contribution in [0.4, 0.5) is 5.69 Å². The van der Waals surface area contributed by atoms with Gasteiger partial charge in [-0.2, -0.15) is 0 Å². The molecule has 2 unspecified atom stereocenters. The van der Waals surface area contributed by atoms with Crippen LogP contribution in [0.1, 0.15) is 13.8 Å². The van der Waals surface area contributed by atoms with Gasteiger partial charge in [0.25, 0.3) is 0 Å². The highest BCUT2D eigenvalue weighted by Gasteiger charge is 2.34. The molecule has 0 spiro atoms. The summed E-state index contributed by atoms with van der Waals surface area (Å²) in [6.45, 7) is 3.83. The maximum absolute atomic E-state index is 12.6. The molecule has 130 valence electrons. The van der Waals surface area contributed by atoms with Crippen molar-refractivity contribution in [1.82, 2.24) is 4.90 Å². The van der Waals surface area contributed by atoms with Crippen molar-refractivity contribution in [3.63, 3.8) is 0 Å². The van der Waals surface area contributed by atoms with E-state index >= 15 is 0 Å². The zero-order valence-electron chi connectivity index (χ0n) is 13.5. The lowest BCUT2D eigenvalue weighted by Crippen LogP contribution is -2.54. The summed E-state index contributed by atoms with van der Waals surface area (Å²) in [6.07, 6.45) is 0. The number of rotatable bonds is 5. The molecule has 1 aliphatic rings. The highest BCUT2D eigenvalue weighted by atomic mass is 32.2. The predicted octanol–water partition coefficient (Wildman–Crippen LogP) is 1.44. The first-order valence-corrected chi connectivity index (χ1v) is 8.42. The highest BCUT2D eigenvalue weighted by molar-refractivity contribution is 8.00. The van der Waals surface area contributed by atoms with Crippen LogP contribution >= 0.6 is 11.8 Å². The Morgan fingerprint density at radius 3 is 2.58 bits per heavy atom. The van der Waals surface area contributed by atoms with Crippen LogP contribution in [0.25, 0.3) is 0 Å². The lowest BCUT2D eigenvalue weighted by atomic mass is 10.2. The third-order valence-electron chi connectivity index (χ3n) is 3.53. The Hall–Kier alpha value is -2.06. The molecule has 1 aromatic rings. The smallest absolute Gasteiger partial charge is 0.328 e. The van der Waals surface area contributed by atoms with Crippen LogP contribution in [0.2, 0.25) is 0 Å². The lowest BCUT2D eigenvalue weighted by molar-refractivity contribution is -0.157. The van der Waals surface area contributed by atoms with Gasteiger partial charge in [0.05, 0.1) is 18.5 Å². The molecule has 2 N–H and O–H groups in total. The standard InChI is InChI=1S/C16H20N2O5S/c1-10(15(20)18-7-8-23-9-14(18)16(21)22)24-13-5-3-12(4-6-13)17-11(2)19/h3-6,10,14H,7-9H2,1-2H3,(H,17,19)(H,21,22). The fraction of sp³-hybridized carbons (Fsp3) is 0.438. The number of nitrogens with one attached hydrogen (secondary N) is 1. The van der Waals surface area contributed by atoms with Gasteiger partial charge in [-0.1, -0.05) is 0 Å². The van der Waals surface area contributed by atoms with E-state index in [0.29, 0.717) is 12.3 Å². The monoisotopic (exact) mass is 352 g/mol. The van der Waals surface area contributed by atoms with Gasteiger partial charge >= 0.3 is 5.97 Å². The Bertz CT molecular complexity index is 619. The summed E-state index contributed by atoms with van der Waals surface area (Å²) in [5.74, 6) is -1.42. The summed E-state index contributed by atoms with van der Waals surface area (Å²) in [6, 6.07) is 6.21. The van der Waals surface area contributed by atoms with Crippen LogP contribution in [0, 0.1) is 0 Å². The maximum atomic E-state index is 12.6. The molecule has 24 heavy (non-hydrogen) atoms. The van der Waals surface area contributed by atoms with Crippen LogP contribution in [0.5, 0.6) is 0 Å². The second-order valence-electron chi connectivity index (χ2n) is 5.43. The summed E-state index contributed by atoms with van der Waals surface area (Å²) in [5, 5.41) is 11.5. The molecule has 2 rings (SSSR count). The number of carbonyl (C=O) groups excluding carboxylic acids is 2. The number of hydrogen-bond acceptors (Lipinski definition) is 5. The normalized spacial score (nSPS) is 18.8. The van der Waals surface area contributed by atoms with E-state index in [4.69, 9.17) is 4.74 Å². The Labute approximate surface area is 144 Å². The Kier molecular flexibility index (Phi) is 6.22. The number of hydrogen-bond donors (Lipinski definition) is 2. The fourth-order valence-electron chi connectivity index (χ4n) is 2.38. The number of carboxylic acid groups (broad SMARTS) is 1. The third kappa shape index (κ3) is 4.72. The number of morpholine rings is 1. The number of carboxylic acids is 1. The van der Waals surface area contributed by atoms with Crippen LogP contribution in [0.15, 0.2) is 29.2 Å². The molecule has 0 bridgehead atoms. The molecule has 1 aromatic carbocycles. The van der Waals surface area contributed by atoms with Crippen molar-refractivity contribution in [3.8, 4) is 0 Å². The molecule has 0 aliphatic carbocycles. The van der Waals surface area contributed by atoms with Gasteiger partial charge in [-0.15, -0.1) is 11.8 Å². The summed E-state index contributed by atoms with van der Waals surface area (Å²) in [5.41, 5.74) is 0.685. The molecular weight excluding hydrogens is 332 g/mol. The lowest BCUT2D eigenvalue weighted by Gasteiger charge is -2.34. The van der Waals surface area contributed by atoms with Gasteiger partial charge in [0.1, 0.15) is 0 Å². The quantitative estimate of drug-likeness (QED) is 0.779. The molecule has 2 atom stereocenters. The molecule has 0 saturated carbocycles. The summed E-state index contributed by atoms with van der Waals surface area (Å²) in [7, 11) is 0. The van der Waals surface area contributed by atoms with Gasteiger partial charge in [0, 0.05) is 24.1 Å². The van der Waals surface area contributed by atoms with E-state index in [9.17, 15) is 19.5 Å². The van der Waals surface area contributed by atoms with Gasteiger partial charge in [0.2, 0.25) is 11.8 Å². The minimum absolute atomic E-state index is 0.0177. The average molecular weight is 352 g/mol. The number of anilines is 1. The molecule has 1 aliphatic heterocycles. The van der Waals surface area contributed by atoms with Crippen molar-refractivity contribution in [3.05, 3.63) is 24.3 Å². The van der Waals surface area contributed by atoms with Gasteiger partial charge in [0.15, 0.2) is 6.04 Å².